The minimum atomic E-state index is 0.471. The maximum atomic E-state index is 4.89. The van der Waals surface area contributed by atoms with E-state index < -0.39 is 0 Å². The number of pyridine rings is 1. The van der Waals surface area contributed by atoms with Crippen LogP contribution in [0.5, 0.6) is 0 Å². The summed E-state index contributed by atoms with van der Waals surface area (Å²) in [6.07, 6.45) is 16.6. The third kappa shape index (κ3) is 6.27. The average molecular weight is 461 g/mol. The number of hydrogen-bond acceptors (Lipinski definition) is 4. The summed E-state index contributed by atoms with van der Waals surface area (Å²) >= 11 is 0. The molecule has 0 unspecified atom stereocenters. The smallest absolute Gasteiger partial charge is 0.0607 e. The van der Waals surface area contributed by atoms with E-state index in [0.29, 0.717) is 12.1 Å². The van der Waals surface area contributed by atoms with Gasteiger partial charge in [-0.1, -0.05) is 49.6 Å². The van der Waals surface area contributed by atoms with Crippen LogP contribution in [0.3, 0.4) is 0 Å². The van der Waals surface area contributed by atoms with Gasteiger partial charge in [-0.25, -0.2) is 0 Å². The van der Waals surface area contributed by atoms with Crippen LogP contribution >= 0.6 is 0 Å². The summed E-state index contributed by atoms with van der Waals surface area (Å²) in [6.45, 7) is 5.68. The van der Waals surface area contributed by atoms with E-state index in [2.05, 4.69) is 51.9 Å². The summed E-state index contributed by atoms with van der Waals surface area (Å²) in [5.41, 5.74) is 5.82. The van der Waals surface area contributed by atoms with Crippen LogP contribution in [-0.4, -0.2) is 42.1 Å². The minimum Gasteiger partial charge on any atom is -0.316 e. The van der Waals surface area contributed by atoms with E-state index in [1.165, 1.54) is 106 Å². The van der Waals surface area contributed by atoms with Gasteiger partial charge in [-0.2, -0.15) is 0 Å². The molecule has 0 bridgehead atoms. The van der Waals surface area contributed by atoms with Crippen LogP contribution < -0.4 is 10.6 Å². The van der Waals surface area contributed by atoms with Crippen molar-refractivity contribution < 1.29 is 0 Å². The van der Waals surface area contributed by atoms with Crippen molar-refractivity contribution in [2.24, 2.45) is 5.92 Å². The molecule has 1 fully saturated rings. The highest BCUT2D eigenvalue weighted by molar-refractivity contribution is 5.30. The van der Waals surface area contributed by atoms with Gasteiger partial charge < -0.3 is 10.6 Å². The predicted octanol–water partition coefficient (Wildman–Crippen LogP) is 5.43. The maximum absolute atomic E-state index is 4.89. The van der Waals surface area contributed by atoms with Gasteiger partial charge in [0.1, 0.15) is 0 Å². The molecular weight excluding hydrogens is 416 g/mol. The lowest BCUT2D eigenvalue weighted by Gasteiger charge is -2.38. The molecule has 0 saturated heterocycles. The SMILES string of the molecule is c1ccc2c(c1)CN[C@@H](CN(CCCCNCC1CCCCC1)[C@H]1CCCc3cccnc31)C2. The first-order valence-electron chi connectivity index (χ1n) is 14.1. The number of nitrogens with zero attached hydrogens (tertiary/aromatic N) is 2. The second kappa shape index (κ2) is 12.3. The molecule has 2 aliphatic carbocycles. The van der Waals surface area contributed by atoms with Gasteiger partial charge in [0, 0.05) is 25.3 Å². The van der Waals surface area contributed by atoms with Gasteiger partial charge in [0.15, 0.2) is 0 Å². The Bertz CT molecular complexity index is 891. The molecule has 2 atom stereocenters. The van der Waals surface area contributed by atoms with Gasteiger partial charge in [-0.15, -0.1) is 0 Å². The van der Waals surface area contributed by atoms with Crippen molar-refractivity contribution in [1.82, 2.24) is 20.5 Å². The zero-order chi connectivity index (χ0) is 23.0. The number of aryl methyl sites for hydroxylation is 1. The Labute approximate surface area is 206 Å². The highest BCUT2D eigenvalue weighted by Gasteiger charge is 2.29. The van der Waals surface area contributed by atoms with E-state index in [4.69, 9.17) is 4.98 Å². The fourth-order valence-electron chi connectivity index (χ4n) is 6.51. The van der Waals surface area contributed by atoms with Crippen molar-refractivity contribution in [3.63, 3.8) is 0 Å². The first-order chi connectivity index (χ1) is 16.9. The van der Waals surface area contributed by atoms with E-state index in [0.717, 1.165) is 25.4 Å². The van der Waals surface area contributed by atoms with E-state index in [1.807, 2.05) is 6.20 Å². The number of benzene rings is 1. The van der Waals surface area contributed by atoms with Gasteiger partial charge in [-0.05, 0) is 99.7 Å². The maximum Gasteiger partial charge on any atom is 0.0607 e. The van der Waals surface area contributed by atoms with Crippen molar-refractivity contribution in [2.75, 3.05) is 26.2 Å². The van der Waals surface area contributed by atoms with Gasteiger partial charge in [-0.3, -0.25) is 9.88 Å². The molecule has 2 aromatic rings. The highest BCUT2D eigenvalue weighted by atomic mass is 15.2. The number of hydrogen-bond donors (Lipinski definition) is 2. The topological polar surface area (TPSA) is 40.2 Å². The molecule has 2 heterocycles. The van der Waals surface area contributed by atoms with Gasteiger partial charge in [0.25, 0.3) is 0 Å². The van der Waals surface area contributed by atoms with Crippen LogP contribution in [0.25, 0.3) is 0 Å². The standard InChI is InChI=1S/C30H44N4/c1-2-10-24(11-3-1)21-31-17-6-7-19-34(29-16-8-14-25-15-9-18-32-30(25)29)23-28-20-26-12-4-5-13-27(26)22-33-28/h4-5,9,12-13,15,18,24,28-29,31,33H,1-3,6-8,10-11,14,16-17,19-23H2/t28-,29+/m1/s1. The quantitative estimate of drug-likeness (QED) is 0.464. The molecular formula is C30H44N4. The Morgan fingerprint density at radius 1 is 0.912 bits per heavy atom. The Morgan fingerprint density at radius 3 is 2.68 bits per heavy atom. The van der Waals surface area contributed by atoms with Crippen LogP contribution in [0.1, 0.15) is 86.2 Å². The number of nitrogens with one attached hydrogen (secondary N) is 2. The van der Waals surface area contributed by atoms with Gasteiger partial charge in [0.2, 0.25) is 0 Å². The number of fused-ring (bicyclic) bond motifs is 2. The molecule has 3 aliphatic rings. The molecule has 0 amide bonds. The summed E-state index contributed by atoms with van der Waals surface area (Å²) in [4.78, 5) is 7.66. The lowest BCUT2D eigenvalue weighted by Crippen LogP contribution is -2.46. The third-order valence-electron chi connectivity index (χ3n) is 8.43. The molecule has 184 valence electrons. The lowest BCUT2D eigenvalue weighted by molar-refractivity contribution is 0.150. The molecule has 4 nitrogen and oxygen atoms in total. The molecule has 1 aromatic carbocycles. The summed E-state index contributed by atoms with van der Waals surface area (Å²) in [6, 6.07) is 14.4. The zero-order valence-electron chi connectivity index (χ0n) is 21.0. The number of aromatic nitrogens is 1. The van der Waals surface area contributed by atoms with Crippen LogP contribution in [0.4, 0.5) is 0 Å². The van der Waals surface area contributed by atoms with Crippen LogP contribution in [0.15, 0.2) is 42.6 Å². The van der Waals surface area contributed by atoms with Crippen molar-refractivity contribution in [3.8, 4) is 0 Å². The Balaban J connectivity index is 1.17. The van der Waals surface area contributed by atoms with Crippen molar-refractivity contribution in [3.05, 3.63) is 65.0 Å². The van der Waals surface area contributed by atoms with E-state index in [9.17, 15) is 0 Å². The zero-order valence-corrected chi connectivity index (χ0v) is 21.0. The number of unbranched alkanes of at least 4 members (excludes halogenated alkanes) is 1. The monoisotopic (exact) mass is 460 g/mol. The van der Waals surface area contributed by atoms with E-state index in [-0.39, 0.29) is 0 Å². The molecule has 0 spiro atoms. The fraction of sp³-hybridized carbons (Fsp3) is 0.633. The fourth-order valence-corrected chi connectivity index (χ4v) is 6.51. The Morgan fingerprint density at radius 2 is 1.76 bits per heavy atom. The summed E-state index contributed by atoms with van der Waals surface area (Å²) in [5, 5.41) is 7.61. The summed E-state index contributed by atoms with van der Waals surface area (Å²) in [7, 11) is 0. The second-order valence-electron chi connectivity index (χ2n) is 10.9. The van der Waals surface area contributed by atoms with Crippen LogP contribution in [0, 0.1) is 5.92 Å². The molecule has 1 saturated carbocycles. The largest absolute Gasteiger partial charge is 0.316 e. The molecule has 4 heteroatoms. The van der Waals surface area contributed by atoms with Crippen molar-refractivity contribution in [1.29, 1.82) is 0 Å². The van der Waals surface area contributed by atoms with Gasteiger partial charge in [0.05, 0.1) is 11.7 Å². The predicted molar refractivity (Wildman–Crippen MR) is 141 cm³/mol. The Kier molecular flexibility index (Phi) is 8.66. The van der Waals surface area contributed by atoms with E-state index in [1.54, 1.807) is 0 Å². The molecule has 0 radical (unpaired) electrons. The second-order valence-corrected chi connectivity index (χ2v) is 10.9. The van der Waals surface area contributed by atoms with Crippen molar-refractivity contribution in [2.45, 2.75) is 89.3 Å². The third-order valence-corrected chi connectivity index (χ3v) is 8.43. The Hall–Kier alpha value is -1.75. The molecule has 1 aliphatic heterocycles. The van der Waals surface area contributed by atoms with Gasteiger partial charge >= 0.3 is 0 Å². The first kappa shape index (κ1) is 24.0. The summed E-state index contributed by atoms with van der Waals surface area (Å²) in [5.74, 6) is 0.926. The first-order valence-corrected chi connectivity index (χ1v) is 14.1. The highest BCUT2D eigenvalue weighted by Crippen LogP contribution is 2.33. The molecule has 1 aromatic heterocycles. The van der Waals surface area contributed by atoms with E-state index >= 15 is 0 Å². The van der Waals surface area contributed by atoms with Crippen LogP contribution in [-0.2, 0) is 19.4 Å². The average Bonchev–Trinajstić information content (AvgIpc) is 2.90. The van der Waals surface area contributed by atoms with Crippen LogP contribution in [0.2, 0.25) is 0 Å². The molecule has 34 heavy (non-hydrogen) atoms. The number of rotatable bonds is 10. The molecule has 5 rings (SSSR count). The lowest BCUT2D eigenvalue weighted by atomic mass is 9.89. The van der Waals surface area contributed by atoms with Crippen molar-refractivity contribution >= 4 is 0 Å². The summed E-state index contributed by atoms with van der Waals surface area (Å²) < 4.78 is 0. The normalized spacial score (nSPS) is 23.0. The molecule has 2 N–H and O–H groups in total. The minimum absolute atomic E-state index is 0.471.